The van der Waals surface area contributed by atoms with E-state index in [0.717, 1.165) is 30.3 Å². The molecule has 2 aromatic rings. The van der Waals surface area contributed by atoms with Crippen LogP contribution in [0.25, 0.3) is 0 Å². The summed E-state index contributed by atoms with van der Waals surface area (Å²) in [5, 5.41) is 6.29. The second-order valence-corrected chi connectivity index (χ2v) is 6.90. The van der Waals surface area contributed by atoms with Crippen LogP contribution in [0.15, 0.2) is 40.1 Å². The molecule has 2 aromatic carbocycles. The molecule has 0 atom stereocenters. The molecule has 0 heterocycles. The molecule has 0 aromatic heterocycles. The molecular formula is C13H8Cl2F2N2O2S. The standard InChI is InChI=1S/C13H8Cl2F2N2O2S/c14-8-5-6(1-3-9(8)16)22(20,21)12-7(13(18)19)2-4-10(17)11(12)15/h1-5H,(H3,18,19). The molecule has 0 aliphatic heterocycles. The highest BCUT2D eigenvalue weighted by atomic mass is 35.5. The minimum Gasteiger partial charge on any atom is -0.384 e. The molecule has 3 N–H and O–H groups in total. The quantitative estimate of drug-likeness (QED) is 0.497. The van der Waals surface area contributed by atoms with Crippen LogP contribution in [-0.4, -0.2) is 14.3 Å². The van der Waals surface area contributed by atoms with Crippen molar-refractivity contribution in [2.45, 2.75) is 9.79 Å². The molecule has 0 bridgehead atoms. The number of nitrogens with two attached hydrogens (primary N) is 1. The van der Waals surface area contributed by atoms with E-state index in [-0.39, 0.29) is 5.56 Å². The van der Waals surface area contributed by atoms with Crippen LogP contribution in [0.4, 0.5) is 8.78 Å². The molecule has 116 valence electrons. The van der Waals surface area contributed by atoms with Crippen LogP contribution in [0.3, 0.4) is 0 Å². The summed E-state index contributed by atoms with van der Waals surface area (Å²) < 4.78 is 52.0. The fourth-order valence-corrected chi connectivity index (χ4v) is 4.04. The van der Waals surface area contributed by atoms with Gasteiger partial charge in [-0.2, -0.15) is 0 Å². The Bertz CT molecular complexity index is 886. The van der Waals surface area contributed by atoms with Crippen molar-refractivity contribution in [1.82, 2.24) is 0 Å². The molecule has 4 nitrogen and oxygen atoms in total. The average molecular weight is 365 g/mol. The second kappa shape index (κ2) is 5.83. The Morgan fingerprint density at radius 3 is 2.23 bits per heavy atom. The molecule has 0 fully saturated rings. The van der Waals surface area contributed by atoms with E-state index in [1.165, 1.54) is 0 Å². The molecule has 0 spiro atoms. The van der Waals surface area contributed by atoms with Crippen molar-refractivity contribution in [2.75, 3.05) is 0 Å². The maximum atomic E-state index is 13.6. The minimum atomic E-state index is -4.35. The normalized spacial score (nSPS) is 11.5. The average Bonchev–Trinajstić information content (AvgIpc) is 2.43. The topological polar surface area (TPSA) is 84.0 Å². The first-order chi connectivity index (χ1) is 10.2. The van der Waals surface area contributed by atoms with Gasteiger partial charge in [-0.05, 0) is 30.3 Å². The van der Waals surface area contributed by atoms with Crippen LogP contribution >= 0.6 is 23.2 Å². The van der Waals surface area contributed by atoms with Gasteiger partial charge >= 0.3 is 0 Å². The summed E-state index contributed by atoms with van der Waals surface area (Å²) in [5.74, 6) is -2.40. The van der Waals surface area contributed by atoms with Gasteiger partial charge in [-0.25, -0.2) is 17.2 Å². The molecule has 0 amide bonds. The molecule has 0 saturated heterocycles. The Hall–Kier alpha value is -1.70. The second-order valence-electron chi connectivity index (χ2n) is 4.23. The lowest BCUT2D eigenvalue weighted by Crippen LogP contribution is -2.17. The number of halogens is 4. The molecule has 0 aliphatic carbocycles. The fourth-order valence-electron chi connectivity index (χ4n) is 1.77. The molecule has 22 heavy (non-hydrogen) atoms. The summed E-state index contributed by atoms with van der Waals surface area (Å²) in [6.45, 7) is 0. The van der Waals surface area contributed by atoms with E-state index in [1.54, 1.807) is 0 Å². The van der Waals surface area contributed by atoms with Gasteiger partial charge in [-0.1, -0.05) is 23.2 Å². The third-order valence-corrected chi connectivity index (χ3v) is 5.42. The highest BCUT2D eigenvalue weighted by Crippen LogP contribution is 2.33. The monoisotopic (exact) mass is 364 g/mol. The Kier molecular flexibility index (Phi) is 4.42. The van der Waals surface area contributed by atoms with Gasteiger partial charge in [0, 0.05) is 5.56 Å². The Labute approximate surface area is 134 Å². The van der Waals surface area contributed by atoms with E-state index >= 15 is 0 Å². The van der Waals surface area contributed by atoms with Gasteiger partial charge in [0.05, 0.1) is 14.9 Å². The van der Waals surface area contributed by atoms with E-state index in [2.05, 4.69) is 0 Å². The summed E-state index contributed by atoms with van der Waals surface area (Å²) >= 11 is 11.3. The lowest BCUT2D eigenvalue weighted by Gasteiger charge is -2.12. The smallest absolute Gasteiger partial charge is 0.208 e. The van der Waals surface area contributed by atoms with Crippen molar-refractivity contribution in [3.8, 4) is 0 Å². The maximum Gasteiger partial charge on any atom is 0.208 e. The third kappa shape index (κ3) is 2.79. The SMILES string of the molecule is N=C(N)c1ccc(F)c(Cl)c1S(=O)(=O)c1ccc(F)c(Cl)c1. The van der Waals surface area contributed by atoms with Gasteiger partial charge in [0.15, 0.2) is 0 Å². The third-order valence-electron chi connectivity index (χ3n) is 2.81. The predicted molar refractivity (Wildman–Crippen MR) is 79.3 cm³/mol. The van der Waals surface area contributed by atoms with Gasteiger partial charge in [-0.3, -0.25) is 5.41 Å². The Balaban J connectivity index is 2.81. The van der Waals surface area contributed by atoms with Gasteiger partial charge in [0.25, 0.3) is 0 Å². The highest BCUT2D eigenvalue weighted by molar-refractivity contribution is 7.91. The first-order valence-electron chi connectivity index (χ1n) is 5.68. The van der Waals surface area contributed by atoms with E-state index in [1.807, 2.05) is 0 Å². The molecule has 0 radical (unpaired) electrons. The van der Waals surface area contributed by atoms with Crippen molar-refractivity contribution in [1.29, 1.82) is 5.41 Å². The highest BCUT2D eigenvalue weighted by Gasteiger charge is 2.28. The first-order valence-corrected chi connectivity index (χ1v) is 7.92. The van der Waals surface area contributed by atoms with Gasteiger partial charge in [0.1, 0.15) is 22.4 Å². The van der Waals surface area contributed by atoms with Crippen LogP contribution in [-0.2, 0) is 9.84 Å². The molecule has 0 saturated carbocycles. The number of hydrogen-bond donors (Lipinski definition) is 2. The number of amidine groups is 1. The number of benzene rings is 2. The lowest BCUT2D eigenvalue weighted by atomic mass is 10.2. The molecule has 0 aliphatic rings. The van der Waals surface area contributed by atoms with Crippen LogP contribution < -0.4 is 5.73 Å². The summed E-state index contributed by atoms with van der Waals surface area (Å²) in [7, 11) is -4.35. The molecule has 0 unspecified atom stereocenters. The largest absolute Gasteiger partial charge is 0.384 e. The van der Waals surface area contributed by atoms with Crippen molar-refractivity contribution < 1.29 is 17.2 Å². The number of nitrogen functional groups attached to an aromatic ring is 1. The molecule has 2 rings (SSSR count). The van der Waals surface area contributed by atoms with Gasteiger partial charge < -0.3 is 5.73 Å². The zero-order valence-electron chi connectivity index (χ0n) is 10.7. The number of rotatable bonds is 3. The van der Waals surface area contributed by atoms with Crippen molar-refractivity contribution in [3.05, 3.63) is 57.6 Å². The zero-order valence-corrected chi connectivity index (χ0v) is 13.0. The van der Waals surface area contributed by atoms with Crippen molar-refractivity contribution in [3.63, 3.8) is 0 Å². The number of sulfone groups is 1. The van der Waals surface area contributed by atoms with Crippen LogP contribution in [0.5, 0.6) is 0 Å². The molecular weight excluding hydrogens is 357 g/mol. The van der Waals surface area contributed by atoms with Crippen LogP contribution in [0, 0.1) is 17.0 Å². The van der Waals surface area contributed by atoms with E-state index in [0.29, 0.717) is 0 Å². The summed E-state index contributed by atoms with van der Waals surface area (Å²) in [6.07, 6.45) is 0. The summed E-state index contributed by atoms with van der Waals surface area (Å²) in [6, 6.07) is 4.62. The molecule has 9 heteroatoms. The van der Waals surface area contributed by atoms with Crippen LogP contribution in [0.1, 0.15) is 5.56 Å². The zero-order chi connectivity index (χ0) is 16.7. The van der Waals surface area contributed by atoms with Crippen molar-refractivity contribution >= 4 is 38.9 Å². The Morgan fingerprint density at radius 1 is 1.09 bits per heavy atom. The minimum absolute atomic E-state index is 0.258. The first kappa shape index (κ1) is 16.7. The van der Waals surface area contributed by atoms with Gasteiger partial charge in [-0.15, -0.1) is 0 Å². The predicted octanol–water partition coefficient (Wildman–Crippen LogP) is 3.39. The summed E-state index contributed by atoms with van der Waals surface area (Å²) in [5.41, 5.74) is 5.06. The van der Waals surface area contributed by atoms with Gasteiger partial charge in [0.2, 0.25) is 9.84 Å². The number of hydrogen-bond acceptors (Lipinski definition) is 3. The van der Waals surface area contributed by atoms with E-state index < -0.39 is 47.1 Å². The van der Waals surface area contributed by atoms with Crippen molar-refractivity contribution in [2.24, 2.45) is 5.73 Å². The number of nitrogens with one attached hydrogen (secondary N) is 1. The van der Waals surface area contributed by atoms with E-state index in [9.17, 15) is 17.2 Å². The summed E-state index contributed by atoms with van der Waals surface area (Å²) in [4.78, 5) is -1.06. The lowest BCUT2D eigenvalue weighted by molar-refractivity contribution is 0.589. The van der Waals surface area contributed by atoms with Crippen LogP contribution in [0.2, 0.25) is 10.0 Å². The Morgan fingerprint density at radius 2 is 1.68 bits per heavy atom. The fraction of sp³-hybridized carbons (Fsp3) is 0. The van der Waals surface area contributed by atoms with E-state index in [4.69, 9.17) is 34.3 Å². The maximum absolute atomic E-state index is 13.6.